The van der Waals surface area contributed by atoms with Gasteiger partial charge in [-0.3, -0.25) is 4.79 Å². The lowest BCUT2D eigenvalue weighted by molar-refractivity contribution is -0.127. The second-order valence-electron chi connectivity index (χ2n) is 5.81. The molecule has 24 heavy (non-hydrogen) atoms. The molecule has 1 amide bonds. The van der Waals surface area contributed by atoms with Crippen molar-refractivity contribution in [1.82, 2.24) is 5.32 Å². The molecular weight excluding hydrogens is 302 g/mol. The van der Waals surface area contributed by atoms with E-state index in [1.807, 2.05) is 69.3 Å². The fourth-order valence-corrected chi connectivity index (χ4v) is 2.31. The molecule has 4 heteroatoms. The summed E-state index contributed by atoms with van der Waals surface area (Å²) < 4.78 is 11.1. The molecule has 2 rings (SSSR count). The van der Waals surface area contributed by atoms with E-state index in [0.717, 1.165) is 16.9 Å². The first-order valence-corrected chi connectivity index (χ1v) is 8.26. The van der Waals surface area contributed by atoms with Gasteiger partial charge < -0.3 is 14.8 Å². The van der Waals surface area contributed by atoms with E-state index >= 15 is 0 Å². The normalized spacial score (nSPS) is 13.0. The highest BCUT2D eigenvalue weighted by Crippen LogP contribution is 2.18. The van der Waals surface area contributed by atoms with Crippen molar-refractivity contribution in [3.63, 3.8) is 0 Å². The molecule has 0 radical (unpaired) electrons. The third kappa shape index (κ3) is 5.01. The number of carbonyl (C=O) groups excluding carboxylic acids is 1. The van der Waals surface area contributed by atoms with E-state index in [0.29, 0.717) is 12.4 Å². The van der Waals surface area contributed by atoms with Crippen LogP contribution in [0, 0.1) is 6.92 Å². The van der Waals surface area contributed by atoms with Crippen LogP contribution in [0.3, 0.4) is 0 Å². The molecule has 0 heterocycles. The summed E-state index contributed by atoms with van der Waals surface area (Å²) in [5.74, 6) is 1.38. The first kappa shape index (κ1) is 17.9. The number of hydrogen-bond donors (Lipinski definition) is 1. The second kappa shape index (κ2) is 8.39. The Morgan fingerprint density at radius 3 is 2.17 bits per heavy atom. The molecule has 0 aliphatic heterocycles. The number of nitrogens with one attached hydrogen (secondary N) is 1. The zero-order chi connectivity index (χ0) is 17.5. The van der Waals surface area contributed by atoms with E-state index in [2.05, 4.69) is 5.32 Å². The number of ether oxygens (including phenoxy) is 2. The summed E-state index contributed by atoms with van der Waals surface area (Å²) in [5, 5.41) is 2.97. The molecule has 128 valence electrons. The predicted molar refractivity (Wildman–Crippen MR) is 95.4 cm³/mol. The second-order valence-corrected chi connectivity index (χ2v) is 5.81. The molecule has 2 atom stereocenters. The summed E-state index contributed by atoms with van der Waals surface area (Å²) in [4.78, 5) is 12.3. The Labute approximate surface area is 143 Å². The minimum absolute atomic E-state index is 0.0998. The summed E-state index contributed by atoms with van der Waals surface area (Å²) >= 11 is 0. The molecule has 2 unspecified atom stereocenters. The molecule has 4 nitrogen and oxygen atoms in total. The molecule has 0 aliphatic carbocycles. The van der Waals surface area contributed by atoms with Crippen molar-refractivity contribution >= 4 is 5.91 Å². The molecule has 0 saturated heterocycles. The maximum Gasteiger partial charge on any atom is 0.261 e. The Hall–Kier alpha value is -2.49. The SMILES string of the molecule is CCOc1ccc(C(C)NC(=O)C(C)Oc2ccc(C)cc2)cc1. The van der Waals surface area contributed by atoms with Gasteiger partial charge >= 0.3 is 0 Å². The van der Waals surface area contributed by atoms with Gasteiger partial charge in [-0.25, -0.2) is 0 Å². The maximum absolute atomic E-state index is 12.3. The minimum Gasteiger partial charge on any atom is -0.494 e. The van der Waals surface area contributed by atoms with E-state index < -0.39 is 6.10 Å². The Kier molecular flexibility index (Phi) is 6.24. The van der Waals surface area contributed by atoms with Crippen molar-refractivity contribution in [1.29, 1.82) is 0 Å². The number of aryl methyl sites for hydroxylation is 1. The molecule has 0 aromatic heterocycles. The lowest BCUT2D eigenvalue weighted by Crippen LogP contribution is -2.37. The lowest BCUT2D eigenvalue weighted by atomic mass is 10.1. The summed E-state index contributed by atoms with van der Waals surface area (Å²) in [5.41, 5.74) is 2.18. The van der Waals surface area contributed by atoms with Crippen molar-refractivity contribution < 1.29 is 14.3 Å². The van der Waals surface area contributed by atoms with Crippen LogP contribution >= 0.6 is 0 Å². The summed E-state index contributed by atoms with van der Waals surface area (Å²) in [6.07, 6.45) is -0.558. The monoisotopic (exact) mass is 327 g/mol. The van der Waals surface area contributed by atoms with Gasteiger partial charge in [0.25, 0.3) is 5.91 Å². The van der Waals surface area contributed by atoms with Gasteiger partial charge in [-0.1, -0.05) is 29.8 Å². The van der Waals surface area contributed by atoms with Crippen LogP contribution in [0.4, 0.5) is 0 Å². The topological polar surface area (TPSA) is 47.6 Å². The summed E-state index contributed by atoms with van der Waals surface area (Å²) in [7, 11) is 0. The largest absolute Gasteiger partial charge is 0.494 e. The van der Waals surface area contributed by atoms with Crippen molar-refractivity contribution in [3.05, 3.63) is 59.7 Å². The van der Waals surface area contributed by atoms with Gasteiger partial charge in [0, 0.05) is 0 Å². The molecule has 1 N–H and O–H groups in total. The number of carbonyl (C=O) groups is 1. The molecule has 2 aromatic carbocycles. The van der Waals surface area contributed by atoms with Gasteiger partial charge in [-0.05, 0) is 57.5 Å². The van der Waals surface area contributed by atoms with Gasteiger partial charge in [0.05, 0.1) is 12.6 Å². The van der Waals surface area contributed by atoms with Crippen LogP contribution in [0.25, 0.3) is 0 Å². The fraction of sp³-hybridized carbons (Fsp3) is 0.350. The quantitative estimate of drug-likeness (QED) is 0.835. The summed E-state index contributed by atoms with van der Waals surface area (Å²) in [6, 6.07) is 15.3. The van der Waals surface area contributed by atoms with Gasteiger partial charge in [0.2, 0.25) is 0 Å². The van der Waals surface area contributed by atoms with Crippen molar-refractivity contribution in [2.45, 2.75) is 39.8 Å². The van der Waals surface area contributed by atoms with E-state index in [1.165, 1.54) is 0 Å². The van der Waals surface area contributed by atoms with Crippen molar-refractivity contribution in [3.8, 4) is 11.5 Å². The number of rotatable bonds is 7. The summed E-state index contributed by atoms with van der Waals surface area (Å²) in [6.45, 7) is 8.30. The van der Waals surface area contributed by atoms with E-state index in [-0.39, 0.29) is 11.9 Å². The van der Waals surface area contributed by atoms with Crippen molar-refractivity contribution in [2.75, 3.05) is 6.61 Å². The highest BCUT2D eigenvalue weighted by atomic mass is 16.5. The highest BCUT2D eigenvalue weighted by molar-refractivity contribution is 5.81. The molecule has 0 fully saturated rings. The Bertz CT molecular complexity index is 650. The third-order valence-electron chi connectivity index (χ3n) is 3.75. The molecule has 2 aromatic rings. The van der Waals surface area contributed by atoms with Gasteiger partial charge in [0.15, 0.2) is 6.10 Å². The first-order chi connectivity index (χ1) is 11.5. The van der Waals surface area contributed by atoms with E-state index in [4.69, 9.17) is 9.47 Å². The molecule has 0 saturated carbocycles. The van der Waals surface area contributed by atoms with Crippen LogP contribution in [0.2, 0.25) is 0 Å². The Morgan fingerprint density at radius 1 is 1.00 bits per heavy atom. The first-order valence-electron chi connectivity index (χ1n) is 8.26. The van der Waals surface area contributed by atoms with Gasteiger partial charge in [0.1, 0.15) is 11.5 Å². The van der Waals surface area contributed by atoms with Crippen LogP contribution in [-0.2, 0) is 4.79 Å². The van der Waals surface area contributed by atoms with Gasteiger partial charge in [-0.15, -0.1) is 0 Å². The smallest absolute Gasteiger partial charge is 0.261 e. The number of hydrogen-bond acceptors (Lipinski definition) is 3. The van der Waals surface area contributed by atoms with Crippen molar-refractivity contribution in [2.24, 2.45) is 0 Å². The average Bonchev–Trinajstić information content (AvgIpc) is 2.57. The standard InChI is InChI=1S/C20H25NO3/c1-5-23-18-12-8-17(9-13-18)15(3)21-20(22)16(4)24-19-10-6-14(2)7-11-19/h6-13,15-16H,5H2,1-4H3,(H,21,22). The zero-order valence-corrected chi connectivity index (χ0v) is 14.7. The van der Waals surface area contributed by atoms with Crippen LogP contribution < -0.4 is 14.8 Å². The van der Waals surface area contributed by atoms with Crippen LogP contribution in [0.5, 0.6) is 11.5 Å². The average molecular weight is 327 g/mol. The number of benzene rings is 2. The maximum atomic E-state index is 12.3. The predicted octanol–water partition coefficient (Wildman–Crippen LogP) is 4.04. The lowest BCUT2D eigenvalue weighted by Gasteiger charge is -2.19. The van der Waals surface area contributed by atoms with Crippen LogP contribution in [0.1, 0.15) is 37.9 Å². The third-order valence-corrected chi connectivity index (χ3v) is 3.75. The fourth-order valence-electron chi connectivity index (χ4n) is 2.31. The van der Waals surface area contributed by atoms with Crippen LogP contribution in [-0.4, -0.2) is 18.6 Å². The molecular formula is C20H25NO3. The Morgan fingerprint density at radius 2 is 1.58 bits per heavy atom. The van der Waals surface area contributed by atoms with E-state index in [1.54, 1.807) is 6.92 Å². The number of amides is 1. The highest BCUT2D eigenvalue weighted by Gasteiger charge is 2.17. The Balaban J connectivity index is 1.91. The minimum atomic E-state index is -0.558. The molecule has 0 aliphatic rings. The van der Waals surface area contributed by atoms with Crippen LogP contribution in [0.15, 0.2) is 48.5 Å². The zero-order valence-electron chi connectivity index (χ0n) is 14.7. The molecule has 0 spiro atoms. The van der Waals surface area contributed by atoms with Gasteiger partial charge in [-0.2, -0.15) is 0 Å². The van der Waals surface area contributed by atoms with E-state index in [9.17, 15) is 4.79 Å². The molecule has 0 bridgehead atoms.